The van der Waals surface area contributed by atoms with E-state index in [1.807, 2.05) is 0 Å². The van der Waals surface area contributed by atoms with Gasteiger partial charge >= 0.3 is 5.97 Å². The molecule has 0 aliphatic heterocycles. The van der Waals surface area contributed by atoms with Crippen LogP contribution in [0.2, 0.25) is 0 Å². The number of nitrogens with one attached hydrogen (secondary N) is 1. The molecule has 0 aliphatic rings. The Morgan fingerprint density at radius 3 is 0.859 bits per heavy atom. The van der Waals surface area contributed by atoms with Gasteiger partial charge in [0.2, 0.25) is 5.91 Å². The minimum Gasteiger partial charge on any atom is -0.466 e. The van der Waals surface area contributed by atoms with Gasteiger partial charge in [0.1, 0.15) is 0 Å². The van der Waals surface area contributed by atoms with E-state index in [0.29, 0.717) is 25.9 Å². The average Bonchev–Trinajstić information content (AvgIpc) is 3.37. The molecule has 2 unspecified atom stereocenters. The van der Waals surface area contributed by atoms with Crippen LogP contribution in [0.4, 0.5) is 0 Å². The van der Waals surface area contributed by atoms with Gasteiger partial charge in [-0.2, -0.15) is 0 Å². The Kier molecular flexibility index (Phi) is 60.4. The van der Waals surface area contributed by atoms with Crippen molar-refractivity contribution in [1.29, 1.82) is 0 Å². The fraction of sp³-hybridized carbons (Fsp3) is 0.969. The molecule has 6 nitrogen and oxygen atoms in total. The topological polar surface area (TPSA) is 95.9 Å². The molecular weight excluding hydrogens is 875 g/mol. The minimum atomic E-state index is -0.664. The standard InChI is InChI=1S/C65H129NO5/c1-3-5-7-9-11-13-15-17-19-21-27-31-35-39-43-47-51-55-59-65(70)71-60-56-52-48-44-40-36-32-28-25-23-22-24-26-30-34-38-42-46-50-54-58-64(69)66-62(61-67)63(68)57-53-49-45-41-37-33-29-20-18-16-14-12-10-8-6-4-2/h62-63,67-68H,3-61H2,1-2H3,(H,66,69). The zero-order valence-corrected chi connectivity index (χ0v) is 48.5. The first-order chi connectivity index (χ1) is 35.0. The Bertz CT molecular complexity index is 1020. The van der Waals surface area contributed by atoms with Crippen molar-refractivity contribution in [2.45, 2.75) is 392 Å². The van der Waals surface area contributed by atoms with Gasteiger partial charge in [-0.15, -0.1) is 0 Å². The van der Waals surface area contributed by atoms with Crippen LogP contribution in [0.3, 0.4) is 0 Å². The van der Waals surface area contributed by atoms with Crippen LogP contribution in [0.5, 0.6) is 0 Å². The minimum absolute atomic E-state index is 0.0163. The van der Waals surface area contributed by atoms with E-state index >= 15 is 0 Å². The van der Waals surface area contributed by atoms with Crippen molar-refractivity contribution in [3.63, 3.8) is 0 Å². The third-order valence-corrected chi connectivity index (χ3v) is 15.7. The number of aliphatic hydroxyl groups is 2. The van der Waals surface area contributed by atoms with E-state index in [-0.39, 0.29) is 18.5 Å². The van der Waals surface area contributed by atoms with Crippen molar-refractivity contribution >= 4 is 11.9 Å². The molecule has 0 bridgehead atoms. The van der Waals surface area contributed by atoms with Gasteiger partial charge in [0.25, 0.3) is 0 Å². The highest BCUT2D eigenvalue weighted by Crippen LogP contribution is 2.19. The van der Waals surface area contributed by atoms with Crippen molar-refractivity contribution in [3.8, 4) is 0 Å². The third kappa shape index (κ3) is 58.0. The fourth-order valence-corrected chi connectivity index (χ4v) is 10.6. The summed E-state index contributed by atoms with van der Waals surface area (Å²) in [5.41, 5.74) is 0. The molecule has 0 aliphatic carbocycles. The van der Waals surface area contributed by atoms with E-state index in [1.165, 1.54) is 308 Å². The lowest BCUT2D eigenvalue weighted by atomic mass is 10.0. The van der Waals surface area contributed by atoms with Gasteiger partial charge in [-0.25, -0.2) is 0 Å². The molecule has 0 aromatic heterocycles. The predicted molar refractivity (Wildman–Crippen MR) is 310 cm³/mol. The molecule has 0 saturated carbocycles. The zero-order valence-electron chi connectivity index (χ0n) is 48.5. The maximum atomic E-state index is 12.5. The molecule has 6 heteroatoms. The van der Waals surface area contributed by atoms with Crippen LogP contribution >= 0.6 is 0 Å². The number of carbonyl (C=O) groups is 2. The average molecular weight is 1000 g/mol. The van der Waals surface area contributed by atoms with Gasteiger partial charge in [-0.05, 0) is 25.7 Å². The Labute approximate surface area is 445 Å². The molecule has 0 aromatic carbocycles. The number of amides is 1. The summed E-state index contributed by atoms with van der Waals surface area (Å²) in [6.07, 6.45) is 72.6. The molecule has 3 N–H and O–H groups in total. The maximum absolute atomic E-state index is 12.5. The number of aliphatic hydroxyl groups excluding tert-OH is 2. The third-order valence-electron chi connectivity index (χ3n) is 15.7. The second-order valence-electron chi connectivity index (χ2n) is 22.8. The maximum Gasteiger partial charge on any atom is 0.305 e. The van der Waals surface area contributed by atoms with Gasteiger partial charge in [0, 0.05) is 12.8 Å². The van der Waals surface area contributed by atoms with Crippen molar-refractivity contribution in [2.24, 2.45) is 0 Å². The molecule has 0 spiro atoms. The highest BCUT2D eigenvalue weighted by molar-refractivity contribution is 5.76. The molecule has 0 fully saturated rings. The molecule has 0 aromatic rings. The molecule has 0 radical (unpaired) electrons. The number of hydrogen-bond acceptors (Lipinski definition) is 5. The smallest absolute Gasteiger partial charge is 0.305 e. The fourth-order valence-electron chi connectivity index (χ4n) is 10.6. The second-order valence-corrected chi connectivity index (χ2v) is 22.8. The Morgan fingerprint density at radius 1 is 0.338 bits per heavy atom. The van der Waals surface area contributed by atoms with E-state index in [0.717, 1.165) is 38.5 Å². The molecule has 71 heavy (non-hydrogen) atoms. The first-order valence-corrected chi connectivity index (χ1v) is 32.8. The number of esters is 1. The molecule has 0 heterocycles. The van der Waals surface area contributed by atoms with E-state index in [9.17, 15) is 19.8 Å². The monoisotopic (exact) mass is 1000 g/mol. The van der Waals surface area contributed by atoms with Crippen molar-refractivity contribution in [3.05, 3.63) is 0 Å². The highest BCUT2D eigenvalue weighted by Gasteiger charge is 2.20. The van der Waals surface area contributed by atoms with Crippen molar-refractivity contribution in [1.82, 2.24) is 5.32 Å². The quantitative estimate of drug-likeness (QED) is 0.0417. The Balaban J connectivity index is 3.36. The van der Waals surface area contributed by atoms with Crippen LogP contribution in [0.1, 0.15) is 380 Å². The lowest BCUT2D eigenvalue weighted by Crippen LogP contribution is -2.45. The largest absolute Gasteiger partial charge is 0.466 e. The number of hydrogen-bond donors (Lipinski definition) is 3. The summed E-state index contributed by atoms with van der Waals surface area (Å²) in [5, 5.41) is 23.3. The van der Waals surface area contributed by atoms with E-state index in [4.69, 9.17) is 4.74 Å². The second kappa shape index (κ2) is 61.4. The molecule has 424 valence electrons. The van der Waals surface area contributed by atoms with Gasteiger partial charge in [-0.1, -0.05) is 341 Å². The van der Waals surface area contributed by atoms with E-state index < -0.39 is 12.1 Å². The lowest BCUT2D eigenvalue weighted by molar-refractivity contribution is -0.143. The Morgan fingerprint density at radius 2 is 0.577 bits per heavy atom. The molecule has 2 atom stereocenters. The summed E-state index contributed by atoms with van der Waals surface area (Å²) in [6, 6.07) is -0.542. The summed E-state index contributed by atoms with van der Waals surface area (Å²) >= 11 is 0. The first-order valence-electron chi connectivity index (χ1n) is 32.8. The number of ether oxygens (including phenoxy) is 1. The van der Waals surface area contributed by atoms with Gasteiger partial charge in [0.05, 0.1) is 25.4 Å². The normalized spacial score (nSPS) is 12.5. The molecular formula is C65H129NO5. The van der Waals surface area contributed by atoms with Crippen LogP contribution < -0.4 is 5.32 Å². The van der Waals surface area contributed by atoms with Crippen LogP contribution in [0, 0.1) is 0 Å². The molecule has 1 amide bonds. The van der Waals surface area contributed by atoms with Crippen LogP contribution in [-0.2, 0) is 14.3 Å². The van der Waals surface area contributed by atoms with Gasteiger partial charge in [-0.3, -0.25) is 9.59 Å². The Hall–Kier alpha value is -1.14. The SMILES string of the molecule is CCCCCCCCCCCCCCCCCCCCC(=O)OCCCCCCCCCCCCCCCCCCCCCCC(=O)NC(CO)C(O)CCCCCCCCCCCCCCCCCC. The molecule has 0 rings (SSSR count). The summed E-state index contributed by atoms with van der Waals surface area (Å²) < 4.78 is 5.50. The predicted octanol–water partition coefficient (Wildman–Crippen LogP) is 20.6. The van der Waals surface area contributed by atoms with Gasteiger partial charge in [0.15, 0.2) is 0 Å². The molecule has 0 saturated heterocycles. The highest BCUT2D eigenvalue weighted by atomic mass is 16.5. The number of carbonyl (C=O) groups excluding carboxylic acids is 2. The summed E-state index contributed by atoms with van der Waals surface area (Å²) in [4.78, 5) is 24.6. The number of rotatable bonds is 62. The summed E-state index contributed by atoms with van der Waals surface area (Å²) in [7, 11) is 0. The first kappa shape index (κ1) is 69.9. The number of unbranched alkanes of at least 4 members (excludes halogenated alkanes) is 51. The van der Waals surface area contributed by atoms with Crippen LogP contribution in [0.15, 0.2) is 0 Å². The summed E-state index contributed by atoms with van der Waals surface area (Å²) in [5.74, 6) is -0.0167. The van der Waals surface area contributed by atoms with Gasteiger partial charge < -0.3 is 20.3 Å². The van der Waals surface area contributed by atoms with Crippen molar-refractivity contribution in [2.75, 3.05) is 13.2 Å². The van der Waals surface area contributed by atoms with Crippen LogP contribution in [-0.4, -0.2) is 47.4 Å². The van der Waals surface area contributed by atoms with E-state index in [2.05, 4.69) is 19.2 Å². The zero-order chi connectivity index (χ0) is 51.4. The lowest BCUT2D eigenvalue weighted by Gasteiger charge is -2.22. The van der Waals surface area contributed by atoms with E-state index in [1.54, 1.807) is 0 Å². The van der Waals surface area contributed by atoms with Crippen LogP contribution in [0.25, 0.3) is 0 Å². The van der Waals surface area contributed by atoms with Crippen molar-refractivity contribution < 1.29 is 24.5 Å². The summed E-state index contributed by atoms with van der Waals surface area (Å²) in [6.45, 7) is 4.99.